The number of anilines is 1. The lowest BCUT2D eigenvalue weighted by molar-refractivity contribution is 0.170. The minimum atomic E-state index is -1.37. The van der Waals surface area contributed by atoms with Crippen molar-refractivity contribution >= 4 is 28.5 Å². The predicted octanol–water partition coefficient (Wildman–Crippen LogP) is 4.91. The van der Waals surface area contributed by atoms with Crippen LogP contribution in [-0.2, 0) is 17.4 Å². The van der Waals surface area contributed by atoms with Crippen LogP contribution in [-0.4, -0.2) is 37.2 Å². The van der Waals surface area contributed by atoms with Crippen LogP contribution in [0.4, 0.5) is 5.95 Å². The molecular formula is C26H30ClN5OS. The minimum absolute atomic E-state index is 0.141. The molecule has 1 aromatic heterocycles. The van der Waals surface area contributed by atoms with Crippen molar-refractivity contribution in [3.8, 4) is 11.3 Å². The summed E-state index contributed by atoms with van der Waals surface area (Å²) in [5.74, 6) is 0.996. The second-order valence-electron chi connectivity index (χ2n) is 10.2. The zero-order valence-electron chi connectivity index (χ0n) is 19.6. The maximum Gasteiger partial charge on any atom is 0.245 e. The summed E-state index contributed by atoms with van der Waals surface area (Å²) in [6.45, 7) is 5.77. The Hall–Kier alpha value is -2.35. The number of hydrogen-bond donors (Lipinski definition) is 1. The molecule has 5 rings (SSSR count). The lowest BCUT2D eigenvalue weighted by Gasteiger charge is -2.45. The number of aromatic nitrogens is 3. The van der Waals surface area contributed by atoms with Gasteiger partial charge in [0.05, 0.1) is 27.0 Å². The number of rotatable bonds is 5. The summed E-state index contributed by atoms with van der Waals surface area (Å²) in [7, 11) is -1.37. The molecule has 2 aromatic carbocycles. The molecule has 2 N–H and O–H groups in total. The van der Waals surface area contributed by atoms with Gasteiger partial charge in [-0.05, 0) is 68.1 Å². The third-order valence-electron chi connectivity index (χ3n) is 7.69. The van der Waals surface area contributed by atoms with Crippen LogP contribution in [0.5, 0.6) is 0 Å². The van der Waals surface area contributed by atoms with Crippen LogP contribution in [0.2, 0.25) is 5.02 Å². The highest BCUT2D eigenvalue weighted by Gasteiger charge is 2.49. The van der Waals surface area contributed by atoms with Crippen molar-refractivity contribution in [3.63, 3.8) is 0 Å². The fraction of sp³-hybridized carbons (Fsp3) is 0.423. The largest absolute Gasteiger partial charge is 0.339 e. The fourth-order valence-corrected chi connectivity index (χ4v) is 6.21. The van der Waals surface area contributed by atoms with Crippen LogP contribution in [0.1, 0.15) is 50.2 Å². The first-order chi connectivity index (χ1) is 16.3. The van der Waals surface area contributed by atoms with E-state index < -0.39 is 15.7 Å². The second-order valence-corrected chi connectivity index (χ2v) is 12.3. The van der Waals surface area contributed by atoms with Crippen molar-refractivity contribution in [1.82, 2.24) is 15.2 Å². The molecule has 2 aliphatic rings. The van der Waals surface area contributed by atoms with Gasteiger partial charge in [0.15, 0.2) is 0 Å². The molecule has 0 saturated carbocycles. The second kappa shape index (κ2) is 9.02. The summed E-state index contributed by atoms with van der Waals surface area (Å²) in [5.41, 5.74) is 4.46. The molecule has 0 radical (unpaired) electrons. The van der Waals surface area contributed by atoms with Crippen molar-refractivity contribution in [3.05, 3.63) is 70.9 Å². The quantitative estimate of drug-likeness (QED) is 0.543. The Labute approximate surface area is 208 Å². The summed E-state index contributed by atoms with van der Waals surface area (Å²) >= 11 is 6.30. The van der Waals surface area contributed by atoms with Crippen molar-refractivity contribution in [2.24, 2.45) is 10.6 Å². The highest BCUT2D eigenvalue weighted by atomic mass is 35.5. The van der Waals surface area contributed by atoms with Crippen molar-refractivity contribution < 1.29 is 4.21 Å². The summed E-state index contributed by atoms with van der Waals surface area (Å²) < 4.78 is 11.8. The lowest BCUT2D eigenvalue weighted by Crippen LogP contribution is -2.45. The first-order valence-corrected chi connectivity index (χ1v) is 13.3. The number of fused-ring (bicyclic) bond motifs is 1. The maximum atomic E-state index is 12.3. The van der Waals surface area contributed by atoms with E-state index in [1.165, 1.54) is 11.1 Å². The number of halogens is 1. The SMILES string of the molecule is CC(C)(C[C@@H]1c2ccccc2CC12CCN(c1ncc(-c3ccccc3Cl)nn1)CC2)S(N)=O. The van der Waals surface area contributed by atoms with Gasteiger partial charge in [-0.3, -0.25) is 5.14 Å². The fourth-order valence-electron chi connectivity index (χ4n) is 5.65. The highest BCUT2D eigenvalue weighted by molar-refractivity contribution is 7.84. The molecule has 1 fully saturated rings. The maximum absolute atomic E-state index is 12.3. The van der Waals surface area contributed by atoms with Crippen LogP contribution in [0.15, 0.2) is 54.7 Å². The van der Waals surface area contributed by atoms with Crippen LogP contribution >= 0.6 is 11.6 Å². The summed E-state index contributed by atoms with van der Waals surface area (Å²) in [5, 5.41) is 15.3. The zero-order valence-corrected chi connectivity index (χ0v) is 21.1. The molecule has 178 valence electrons. The minimum Gasteiger partial charge on any atom is -0.339 e. The van der Waals surface area contributed by atoms with E-state index in [-0.39, 0.29) is 5.41 Å². The van der Waals surface area contributed by atoms with E-state index in [1.54, 1.807) is 6.20 Å². The van der Waals surface area contributed by atoms with Gasteiger partial charge in [-0.25, -0.2) is 9.19 Å². The van der Waals surface area contributed by atoms with Crippen LogP contribution < -0.4 is 10.0 Å². The van der Waals surface area contributed by atoms with E-state index >= 15 is 0 Å². The zero-order chi connectivity index (χ0) is 23.9. The van der Waals surface area contributed by atoms with E-state index in [9.17, 15) is 4.21 Å². The number of nitrogens with zero attached hydrogens (tertiary/aromatic N) is 4. The molecular weight excluding hydrogens is 466 g/mol. The molecule has 1 unspecified atom stereocenters. The first kappa shape index (κ1) is 23.4. The summed E-state index contributed by atoms with van der Waals surface area (Å²) in [6.07, 6.45) is 5.67. The third-order valence-corrected chi connectivity index (χ3v) is 9.28. The van der Waals surface area contributed by atoms with Crippen molar-refractivity contribution in [1.29, 1.82) is 0 Å². The van der Waals surface area contributed by atoms with Gasteiger partial charge in [0.25, 0.3) is 0 Å². The smallest absolute Gasteiger partial charge is 0.245 e. The molecule has 1 aliphatic heterocycles. The Morgan fingerprint density at radius 1 is 1.12 bits per heavy atom. The topological polar surface area (TPSA) is 85.0 Å². The van der Waals surface area contributed by atoms with Crippen LogP contribution in [0.25, 0.3) is 11.3 Å². The average molecular weight is 496 g/mol. The Balaban J connectivity index is 1.35. The summed E-state index contributed by atoms with van der Waals surface area (Å²) in [4.78, 5) is 6.84. The lowest BCUT2D eigenvalue weighted by atomic mass is 9.67. The average Bonchev–Trinajstić information content (AvgIpc) is 3.12. The molecule has 6 nitrogen and oxygen atoms in total. The molecule has 2 atom stereocenters. The molecule has 2 heterocycles. The van der Waals surface area contributed by atoms with Gasteiger partial charge >= 0.3 is 0 Å². The molecule has 0 bridgehead atoms. The standard InChI is InChI=1S/C26H30ClN5OS/c1-25(2,34(28)33)16-21-19-8-4-3-7-18(19)15-26(21)11-13-32(14-12-26)24-29-17-23(30-31-24)20-9-5-6-10-22(20)27/h3-10,17,21H,11-16,28H2,1-2H3/t21-,34?/m1/s1. The number of hydrogen-bond acceptors (Lipinski definition) is 5. The Morgan fingerprint density at radius 2 is 1.82 bits per heavy atom. The third kappa shape index (κ3) is 4.25. The Kier molecular flexibility index (Phi) is 6.21. The summed E-state index contributed by atoms with van der Waals surface area (Å²) in [6, 6.07) is 16.3. The first-order valence-electron chi connectivity index (χ1n) is 11.7. The normalized spacial score (nSPS) is 20.4. The van der Waals surface area contributed by atoms with Crippen molar-refractivity contribution in [2.75, 3.05) is 18.0 Å². The van der Waals surface area contributed by atoms with Gasteiger partial charge in [-0.2, -0.15) is 0 Å². The molecule has 1 aliphatic carbocycles. The van der Waals surface area contributed by atoms with E-state index in [1.807, 2.05) is 38.1 Å². The van der Waals surface area contributed by atoms with E-state index in [0.717, 1.165) is 44.3 Å². The van der Waals surface area contributed by atoms with Gasteiger partial charge in [0, 0.05) is 18.7 Å². The molecule has 1 saturated heterocycles. The van der Waals surface area contributed by atoms with E-state index in [4.69, 9.17) is 16.7 Å². The molecule has 0 amide bonds. The monoisotopic (exact) mass is 495 g/mol. The molecule has 8 heteroatoms. The highest BCUT2D eigenvalue weighted by Crippen LogP contribution is 2.56. The number of nitrogens with two attached hydrogens (primary N) is 1. The van der Waals surface area contributed by atoms with Crippen molar-refractivity contribution in [2.45, 2.75) is 50.2 Å². The number of benzene rings is 2. The van der Waals surface area contributed by atoms with E-state index in [0.29, 0.717) is 22.6 Å². The Bertz CT molecular complexity index is 1210. The molecule has 34 heavy (non-hydrogen) atoms. The Morgan fingerprint density at radius 3 is 2.50 bits per heavy atom. The number of piperidine rings is 1. The van der Waals surface area contributed by atoms with Crippen LogP contribution in [0, 0.1) is 5.41 Å². The van der Waals surface area contributed by atoms with Gasteiger partial charge in [-0.1, -0.05) is 54.1 Å². The van der Waals surface area contributed by atoms with E-state index in [2.05, 4.69) is 44.3 Å². The van der Waals surface area contributed by atoms with Gasteiger partial charge < -0.3 is 4.90 Å². The van der Waals surface area contributed by atoms with Gasteiger partial charge in [-0.15, -0.1) is 10.2 Å². The van der Waals surface area contributed by atoms with Gasteiger partial charge in [0.1, 0.15) is 5.69 Å². The van der Waals surface area contributed by atoms with Gasteiger partial charge in [0.2, 0.25) is 5.95 Å². The molecule has 3 aromatic rings. The molecule has 1 spiro atoms. The predicted molar refractivity (Wildman–Crippen MR) is 138 cm³/mol. The van der Waals surface area contributed by atoms with Crippen LogP contribution in [0.3, 0.4) is 0 Å².